The summed E-state index contributed by atoms with van der Waals surface area (Å²) >= 11 is 0. The Morgan fingerprint density at radius 1 is 0.971 bits per heavy atom. The van der Waals surface area contributed by atoms with Gasteiger partial charge in [-0.05, 0) is 48.9 Å². The monoisotopic (exact) mass is 458 g/mol. The van der Waals surface area contributed by atoms with Gasteiger partial charge in [0.15, 0.2) is 5.82 Å². The number of carbonyl (C=O) groups excluding carboxylic acids is 2. The molecule has 9 heteroatoms. The van der Waals surface area contributed by atoms with Crippen molar-refractivity contribution in [1.82, 2.24) is 9.72 Å². The zero-order valence-corrected chi connectivity index (χ0v) is 18.6. The molecule has 0 radical (unpaired) electrons. The van der Waals surface area contributed by atoms with Gasteiger partial charge in [-0.15, -0.1) is 0 Å². The van der Waals surface area contributed by atoms with Crippen molar-refractivity contribution >= 4 is 23.2 Å². The predicted molar refractivity (Wildman–Crippen MR) is 127 cm³/mol. The maximum atomic E-state index is 12.6. The van der Waals surface area contributed by atoms with E-state index in [9.17, 15) is 14.4 Å². The van der Waals surface area contributed by atoms with Crippen LogP contribution in [0, 0.1) is 6.92 Å². The van der Waals surface area contributed by atoms with Crippen LogP contribution in [0.2, 0.25) is 0 Å². The fourth-order valence-electron chi connectivity index (χ4n) is 3.42. The highest BCUT2D eigenvalue weighted by molar-refractivity contribution is 6.05. The van der Waals surface area contributed by atoms with Crippen LogP contribution in [0.15, 0.2) is 82.1 Å². The van der Waals surface area contributed by atoms with E-state index < -0.39 is 11.7 Å². The van der Waals surface area contributed by atoms with Crippen LogP contribution < -0.4 is 21.1 Å². The van der Waals surface area contributed by atoms with E-state index in [1.165, 1.54) is 11.7 Å². The Morgan fingerprint density at radius 3 is 2.41 bits per heavy atom. The number of nitrogens with zero attached hydrogens (tertiary/aromatic N) is 2. The largest absolute Gasteiger partial charge is 0.495 e. The van der Waals surface area contributed by atoms with E-state index >= 15 is 0 Å². The topological polar surface area (TPSA) is 115 Å². The lowest BCUT2D eigenvalue weighted by atomic mass is 10.1. The van der Waals surface area contributed by atoms with Crippen LogP contribution in [0.3, 0.4) is 0 Å². The van der Waals surface area contributed by atoms with Gasteiger partial charge in [0.1, 0.15) is 12.3 Å². The molecule has 1 heterocycles. The van der Waals surface area contributed by atoms with Crippen LogP contribution in [0.25, 0.3) is 11.4 Å². The highest BCUT2D eigenvalue weighted by atomic mass is 16.5. The number of aromatic nitrogens is 2. The van der Waals surface area contributed by atoms with Crippen LogP contribution in [0.5, 0.6) is 5.75 Å². The summed E-state index contributed by atoms with van der Waals surface area (Å²) in [4.78, 5) is 37.3. The number of carbonyl (C=O) groups is 2. The number of hydrogen-bond donors (Lipinski definition) is 2. The van der Waals surface area contributed by atoms with E-state index in [-0.39, 0.29) is 18.3 Å². The van der Waals surface area contributed by atoms with Gasteiger partial charge in [-0.2, -0.15) is 0 Å². The molecular formula is C25H22N4O5. The summed E-state index contributed by atoms with van der Waals surface area (Å²) in [5, 5.41) is 9.34. The van der Waals surface area contributed by atoms with Crippen molar-refractivity contribution in [2.45, 2.75) is 13.5 Å². The molecule has 0 spiro atoms. The summed E-state index contributed by atoms with van der Waals surface area (Å²) in [6.07, 6.45) is 0. The maximum absolute atomic E-state index is 12.6. The van der Waals surface area contributed by atoms with E-state index in [1.807, 2.05) is 31.2 Å². The molecule has 3 aromatic carbocycles. The predicted octanol–water partition coefficient (Wildman–Crippen LogP) is 3.71. The average molecular weight is 458 g/mol. The SMILES string of the molecule is COc1ccccc1NC(=O)c1ccc(NC(=O)Cn2c(-c3ccccc3C)noc2=O)cc1. The number of amides is 2. The van der Waals surface area contributed by atoms with Crippen LogP contribution in [-0.4, -0.2) is 28.6 Å². The van der Waals surface area contributed by atoms with Gasteiger partial charge in [0.2, 0.25) is 5.91 Å². The van der Waals surface area contributed by atoms with Gasteiger partial charge >= 0.3 is 5.76 Å². The number of hydrogen-bond acceptors (Lipinski definition) is 6. The second-order valence-corrected chi connectivity index (χ2v) is 7.45. The third-order valence-electron chi connectivity index (χ3n) is 5.16. The minimum Gasteiger partial charge on any atom is -0.495 e. The molecule has 0 bridgehead atoms. The first-order valence-electron chi connectivity index (χ1n) is 10.4. The standard InChI is InChI=1S/C25H22N4O5/c1-16-7-3-4-8-19(16)23-28-34-25(32)29(23)15-22(30)26-18-13-11-17(12-14-18)24(31)27-20-9-5-6-10-21(20)33-2/h3-14H,15H2,1-2H3,(H,26,30)(H,27,31). The molecule has 0 saturated carbocycles. The fourth-order valence-corrected chi connectivity index (χ4v) is 3.42. The summed E-state index contributed by atoms with van der Waals surface area (Å²) < 4.78 is 11.2. The van der Waals surface area contributed by atoms with Gasteiger partial charge in [0, 0.05) is 16.8 Å². The second kappa shape index (κ2) is 9.86. The van der Waals surface area contributed by atoms with E-state index in [1.54, 1.807) is 48.5 Å². The fraction of sp³-hybridized carbons (Fsp3) is 0.120. The number of aryl methyl sites for hydroxylation is 1. The third-order valence-corrected chi connectivity index (χ3v) is 5.16. The van der Waals surface area contributed by atoms with E-state index in [0.29, 0.717) is 28.3 Å². The lowest BCUT2D eigenvalue weighted by molar-refractivity contribution is -0.116. The van der Waals surface area contributed by atoms with Gasteiger partial charge in [-0.3, -0.25) is 14.1 Å². The Kier molecular flexibility index (Phi) is 6.54. The zero-order valence-electron chi connectivity index (χ0n) is 18.6. The van der Waals surface area contributed by atoms with E-state index in [0.717, 1.165) is 5.56 Å². The third kappa shape index (κ3) is 4.88. The minimum atomic E-state index is -0.725. The average Bonchev–Trinajstić information content (AvgIpc) is 3.19. The Bertz CT molecular complexity index is 1390. The highest BCUT2D eigenvalue weighted by Gasteiger charge is 2.17. The lowest BCUT2D eigenvalue weighted by Crippen LogP contribution is -2.25. The molecule has 2 N–H and O–H groups in total. The molecule has 0 aliphatic rings. The van der Waals surface area contributed by atoms with Crippen molar-refractivity contribution < 1.29 is 18.8 Å². The number of rotatable bonds is 7. The molecule has 0 fully saturated rings. The van der Waals surface area contributed by atoms with Crippen molar-refractivity contribution in [2.24, 2.45) is 0 Å². The van der Waals surface area contributed by atoms with Crippen LogP contribution in [0.4, 0.5) is 11.4 Å². The number of ether oxygens (including phenoxy) is 1. The molecule has 1 aromatic heterocycles. The van der Waals surface area contributed by atoms with Gasteiger partial charge in [0.25, 0.3) is 5.91 Å². The molecule has 0 saturated heterocycles. The van der Waals surface area contributed by atoms with Gasteiger partial charge < -0.3 is 15.4 Å². The first kappa shape index (κ1) is 22.5. The molecule has 4 aromatic rings. The number of anilines is 2. The van der Waals surface area contributed by atoms with Gasteiger partial charge in [0.05, 0.1) is 12.8 Å². The molecule has 9 nitrogen and oxygen atoms in total. The van der Waals surface area contributed by atoms with Crippen LogP contribution in [-0.2, 0) is 11.3 Å². The summed E-state index contributed by atoms with van der Waals surface area (Å²) in [5.74, 6) is -0.653. The molecule has 2 amide bonds. The summed E-state index contributed by atoms with van der Waals surface area (Å²) in [5.41, 5.74) is 3.02. The molecule has 0 aliphatic heterocycles. The molecule has 0 atom stereocenters. The molecule has 0 unspecified atom stereocenters. The number of methoxy groups -OCH3 is 1. The molecule has 34 heavy (non-hydrogen) atoms. The Balaban J connectivity index is 1.43. The summed E-state index contributed by atoms with van der Waals surface area (Å²) in [7, 11) is 1.53. The van der Waals surface area contributed by atoms with Crippen LogP contribution in [0.1, 0.15) is 15.9 Å². The smallest absolute Gasteiger partial charge is 0.442 e. The summed E-state index contributed by atoms with van der Waals surface area (Å²) in [6, 6.07) is 20.8. The quantitative estimate of drug-likeness (QED) is 0.436. The van der Waals surface area contributed by atoms with Crippen molar-refractivity contribution in [3.8, 4) is 17.1 Å². The first-order chi connectivity index (χ1) is 16.5. The van der Waals surface area contributed by atoms with E-state index in [2.05, 4.69) is 15.8 Å². The van der Waals surface area contributed by atoms with Gasteiger partial charge in [-0.1, -0.05) is 41.6 Å². The molecule has 4 rings (SSSR count). The Hall–Kier alpha value is -4.66. The maximum Gasteiger partial charge on any atom is 0.442 e. The van der Waals surface area contributed by atoms with E-state index in [4.69, 9.17) is 9.26 Å². The zero-order chi connectivity index (χ0) is 24.1. The minimum absolute atomic E-state index is 0.276. The Morgan fingerprint density at radius 2 is 1.68 bits per heavy atom. The van der Waals surface area contributed by atoms with Gasteiger partial charge in [-0.25, -0.2) is 9.36 Å². The van der Waals surface area contributed by atoms with Crippen LogP contribution >= 0.6 is 0 Å². The molecular weight excluding hydrogens is 436 g/mol. The normalized spacial score (nSPS) is 10.5. The van der Waals surface area contributed by atoms with Crippen molar-refractivity contribution in [3.05, 3.63) is 94.5 Å². The Labute approximate surface area is 195 Å². The van der Waals surface area contributed by atoms with Crippen molar-refractivity contribution in [2.75, 3.05) is 17.7 Å². The number of benzene rings is 3. The lowest BCUT2D eigenvalue weighted by Gasteiger charge is -2.11. The molecule has 0 aliphatic carbocycles. The second-order valence-electron chi connectivity index (χ2n) is 7.45. The first-order valence-corrected chi connectivity index (χ1v) is 10.4. The number of nitrogens with one attached hydrogen (secondary N) is 2. The van der Waals surface area contributed by atoms with Crippen molar-refractivity contribution in [3.63, 3.8) is 0 Å². The summed E-state index contributed by atoms with van der Waals surface area (Å²) in [6.45, 7) is 1.60. The highest BCUT2D eigenvalue weighted by Crippen LogP contribution is 2.24. The number of para-hydroxylation sites is 2. The van der Waals surface area contributed by atoms with Crippen molar-refractivity contribution in [1.29, 1.82) is 0 Å². The molecule has 172 valence electrons.